The highest BCUT2D eigenvalue weighted by atomic mass is 16.5. The molecular weight excluding hydrogens is 240 g/mol. The molecule has 1 aliphatic carbocycles. The molecule has 0 amide bonds. The van der Waals surface area contributed by atoms with Crippen LogP contribution in [0.3, 0.4) is 0 Å². The van der Waals surface area contributed by atoms with Crippen molar-refractivity contribution in [3.05, 3.63) is 11.3 Å². The van der Waals surface area contributed by atoms with Crippen LogP contribution in [0.15, 0.2) is 11.3 Å². The Morgan fingerprint density at radius 3 is 2.39 bits per heavy atom. The normalized spacial score (nSPS) is 23.0. The van der Waals surface area contributed by atoms with Crippen molar-refractivity contribution in [1.29, 1.82) is 0 Å². The molecule has 0 spiro atoms. The molecule has 100 valence electrons. The van der Waals surface area contributed by atoms with Crippen molar-refractivity contribution in [2.75, 3.05) is 20.8 Å². The fourth-order valence-corrected chi connectivity index (χ4v) is 1.89. The summed E-state index contributed by atoms with van der Waals surface area (Å²) in [6, 6.07) is 0. The van der Waals surface area contributed by atoms with Crippen LogP contribution in [0, 0.1) is 5.41 Å². The molecule has 6 heteroatoms. The molecule has 0 bridgehead atoms. The minimum atomic E-state index is -1.41. The summed E-state index contributed by atoms with van der Waals surface area (Å²) in [4.78, 5) is 35.4. The van der Waals surface area contributed by atoms with Gasteiger partial charge in [-0.05, 0) is 13.8 Å². The van der Waals surface area contributed by atoms with E-state index >= 15 is 0 Å². The highest BCUT2D eigenvalue weighted by Crippen LogP contribution is 2.40. The number of carbonyl (C=O) groups excluding carboxylic acids is 3. The van der Waals surface area contributed by atoms with Crippen LogP contribution in [-0.4, -0.2) is 38.5 Å². The first-order valence-corrected chi connectivity index (χ1v) is 5.49. The van der Waals surface area contributed by atoms with E-state index in [1.807, 2.05) is 0 Å². The average molecular weight is 256 g/mol. The van der Waals surface area contributed by atoms with Crippen molar-refractivity contribution in [1.82, 2.24) is 0 Å². The van der Waals surface area contributed by atoms with Gasteiger partial charge >= 0.3 is 11.9 Å². The van der Waals surface area contributed by atoms with Gasteiger partial charge in [0.2, 0.25) is 5.78 Å². The third kappa shape index (κ3) is 2.10. The number of rotatable bonds is 4. The first-order valence-electron chi connectivity index (χ1n) is 5.49. The number of hydrogen-bond acceptors (Lipinski definition) is 6. The van der Waals surface area contributed by atoms with E-state index in [0.717, 1.165) is 0 Å². The summed E-state index contributed by atoms with van der Waals surface area (Å²) >= 11 is 0. The molecule has 0 heterocycles. The maximum absolute atomic E-state index is 12.1. The molecule has 0 aliphatic heterocycles. The third-order valence-electron chi connectivity index (χ3n) is 2.87. The maximum Gasteiger partial charge on any atom is 0.337 e. The second kappa shape index (κ2) is 5.20. The van der Waals surface area contributed by atoms with Crippen LogP contribution in [0.25, 0.3) is 0 Å². The maximum atomic E-state index is 12.1. The number of allylic oxidation sites excluding steroid dienone is 1. The number of hydrogen-bond donors (Lipinski definition) is 0. The summed E-state index contributed by atoms with van der Waals surface area (Å²) in [6.07, 6.45) is -0.0689. The van der Waals surface area contributed by atoms with E-state index < -0.39 is 23.1 Å². The zero-order chi connectivity index (χ0) is 13.9. The number of methoxy groups -OCH3 is 2. The highest BCUT2D eigenvalue weighted by Gasteiger charge is 2.53. The van der Waals surface area contributed by atoms with Gasteiger partial charge in [-0.3, -0.25) is 9.59 Å². The number of Topliss-reactive ketones (excluding diaryl/α,β-unsaturated/α-hetero) is 1. The molecule has 1 unspecified atom stereocenters. The molecule has 18 heavy (non-hydrogen) atoms. The quantitative estimate of drug-likeness (QED) is 0.541. The Kier molecular flexibility index (Phi) is 4.11. The summed E-state index contributed by atoms with van der Waals surface area (Å²) in [5.74, 6) is -2.02. The van der Waals surface area contributed by atoms with Crippen LogP contribution in [0.5, 0.6) is 0 Å². The Hall–Kier alpha value is -1.85. The van der Waals surface area contributed by atoms with Crippen LogP contribution in [0.4, 0.5) is 0 Å². The fraction of sp³-hybridized carbons (Fsp3) is 0.583. The zero-order valence-corrected chi connectivity index (χ0v) is 10.9. The molecule has 0 N–H and O–H groups in total. The summed E-state index contributed by atoms with van der Waals surface area (Å²) in [6.45, 7) is 3.26. The number of carbonyl (C=O) groups is 3. The standard InChI is InChI=1S/C12H16O6/c1-5-18-10(14)7-6-12(2,11(15)17-4)9(13)8(7)16-3/h5-6H2,1-4H3. The van der Waals surface area contributed by atoms with Gasteiger partial charge < -0.3 is 14.2 Å². The number of ketones is 1. The summed E-state index contributed by atoms with van der Waals surface area (Å²) in [5.41, 5.74) is -1.33. The van der Waals surface area contributed by atoms with Crippen LogP contribution >= 0.6 is 0 Å². The van der Waals surface area contributed by atoms with Crippen molar-refractivity contribution < 1.29 is 28.6 Å². The molecular formula is C12H16O6. The number of esters is 2. The van der Waals surface area contributed by atoms with E-state index in [0.29, 0.717) is 0 Å². The van der Waals surface area contributed by atoms with Gasteiger partial charge in [-0.25, -0.2) is 4.79 Å². The van der Waals surface area contributed by atoms with Gasteiger partial charge in [-0.2, -0.15) is 0 Å². The van der Waals surface area contributed by atoms with Crippen molar-refractivity contribution in [2.24, 2.45) is 5.41 Å². The second-order valence-electron chi connectivity index (χ2n) is 4.06. The molecule has 0 aromatic heterocycles. The van der Waals surface area contributed by atoms with Crippen molar-refractivity contribution in [3.63, 3.8) is 0 Å². The molecule has 1 rings (SSSR count). The molecule has 0 saturated carbocycles. The van der Waals surface area contributed by atoms with E-state index in [1.165, 1.54) is 21.1 Å². The van der Waals surface area contributed by atoms with E-state index in [9.17, 15) is 14.4 Å². The van der Waals surface area contributed by atoms with Crippen molar-refractivity contribution in [2.45, 2.75) is 20.3 Å². The van der Waals surface area contributed by atoms with Crippen LogP contribution < -0.4 is 0 Å². The van der Waals surface area contributed by atoms with Crippen LogP contribution in [0.1, 0.15) is 20.3 Å². The Bertz CT molecular complexity index is 422. The van der Waals surface area contributed by atoms with Gasteiger partial charge in [-0.1, -0.05) is 0 Å². The van der Waals surface area contributed by atoms with Gasteiger partial charge in [0.1, 0.15) is 5.41 Å². The molecule has 0 aromatic carbocycles. The highest BCUT2D eigenvalue weighted by molar-refractivity contribution is 6.17. The lowest BCUT2D eigenvalue weighted by atomic mass is 9.86. The Morgan fingerprint density at radius 1 is 1.33 bits per heavy atom. The van der Waals surface area contributed by atoms with E-state index in [2.05, 4.69) is 4.74 Å². The summed E-state index contributed by atoms with van der Waals surface area (Å²) < 4.78 is 14.3. The SMILES string of the molecule is CCOC(=O)C1=C(OC)C(=O)C(C)(C(=O)OC)C1. The lowest BCUT2D eigenvalue weighted by Gasteiger charge is -2.18. The molecule has 6 nitrogen and oxygen atoms in total. The van der Waals surface area contributed by atoms with E-state index in [-0.39, 0.29) is 24.4 Å². The Morgan fingerprint density at radius 2 is 1.94 bits per heavy atom. The molecule has 1 aliphatic rings. The largest absolute Gasteiger partial charge is 0.492 e. The molecule has 1 atom stereocenters. The topological polar surface area (TPSA) is 78.9 Å². The van der Waals surface area contributed by atoms with E-state index in [1.54, 1.807) is 6.92 Å². The van der Waals surface area contributed by atoms with Crippen LogP contribution in [-0.2, 0) is 28.6 Å². The molecule has 0 saturated heterocycles. The second-order valence-corrected chi connectivity index (χ2v) is 4.06. The van der Waals surface area contributed by atoms with E-state index in [4.69, 9.17) is 9.47 Å². The zero-order valence-electron chi connectivity index (χ0n) is 10.9. The molecule has 0 radical (unpaired) electrons. The lowest BCUT2D eigenvalue weighted by Crippen LogP contribution is -2.35. The Labute approximate surface area is 105 Å². The predicted octanol–water partition coefficient (Wildman–Crippen LogP) is 0.602. The van der Waals surface area contributed by atoms with Gasteiger partial charge in [-0.15, -0.1) is 0 Å². The summed E-state index contributed by atoms with van der Waals surface area (Å²) in [5, 5.41) is 0. The lowest BCUT2D eigenvalue weighted by molar-refractivity contribution is -0.155. The average Bonchev–Trinajstić information content (AvgIpc) is 2.62. The number of ether oxygens (including phenoxy) is 3. The Balaban J connectivity index is 3.12. The predicted molar refractivity (Wildman–Crippen MR) is 60.4 cm³/mol. The monoisotopic (exact) mass is 256 g/mol. The minimum absolute atomic E-state index is 0.0689. The fourth-order valence-electron chi connectivity index (χ4n) is 1.89. The van der Waals surface area contributed by atoms with Crippen molar-refractivity contribution >= 4 is 17.7 Å². The first kappa shape index (κ1) is 14.2. The van der Waals surface area contributed by atoms with Gasteiger partial charge in [0.05, 0.1) is 26.4 Å². The smallest absolute Gasteiger partial charge is 0.337 e. The molecule has 0 aromatic rings. The van der Waals surface area contributed by atoms with Gasteiger partial charge in [0, 0.05) is 6.42 Å². The van der Waals surface area contributed by atoms with Gasteiger partial charge in [0.25, 0.3) is 0 Å². The summed E-state index contributed by atoms with van der Waals surface area (Å²) in [7, 11) is 2.46. The minimum Gasteiger partial charge on any atom is -0.492 e. The molecule has 0 fully saturated rings. The third-order valence-corrected chi connectivity index (χ3v) is 2.87. The van der Waals surface area contributed by atoms with Crippen molar-refractivity contribution in [3.8, 4) is 0 Å². The van der Waals surface area contributed by atoms with Crippen LogP contribution in [0.2, 0.25) is 0 Å². The first-order chi connectivity index (χ1) is 8.42. The van der Waals surface area contributed by atoms with Gasteiger partial charge in [0.15, 0.2) is 5.76 Å².